The molecule has 0 saturated heterocycles. The summed E-state index contributed by atoms with van der Waals surface area (Å²) in [6.07, 6.45) is 0. The fourth-order valence-corrected chi connectivity index (χ4v) is 2.17. The molecular formula is C15H19N3S. The maximum atomic E-state index is 5.64. The zero-order chi connectivity index (χ0) is 13.8. The van der Waals surface area contributed by atoms with Crippen LogP contribution in [0, 0.1) is 5.92 Å². The second-order valence-corrected chi connectivity index (χ2v) is 5.47. The first-order valence-electron chi connectivity index (χ1n) is 6.39. The molecule has 0 bridgehead atoms. The second kappa shape index (κ2) is 6.08. The van der Waals surface area contributed by atoms with Crippen LogP contribution in [0.1, 0.15) is 12.6 Å². The first kappa shape index (κ1) is 13.9. The van der Waals surface area contributed by atoms with Gasteiger partial charge < -0.3 is 5.73 Å². The number of fused-ring (bicyclic) bond motifs is 1. The molecule has 0 aliphatic heterocycles. The summed E-state index contributed by atoms with van der Waals surface area (Å²) in [4.78, 5) is 7.42. The first-order chi connectivity index (χ1) is 9.06. The molecule has 0 fully saturated rings. The van der Waals surface area contributed by atoms with Gasteiger partial charge in [0.05, 0.1) is 16.2 Å². The highest BCUT2D eigenvalue weighted by Gasteiger charge is 2.09. The SMILES string of the molecule is CC(CN(C)Cc1ccc2ccccc2n1)C(N)=S. The van der Waals surface area contributed by atoms with E-state index in [0.717, 1.165) is 24.3 Å². The largest absolute Gasteiger partial charge is 0.393 e. The molecule has 0 radical (unpaired) electrons. The van der Waals surface area contributed by atoms with Crippen LogP contribution in [0.3, 0.4) is 0 Å². The highest BCUT2D eigenvalue weighted by atomic mass is 32.1. The molecule has 0 amide bonds. The molecule has 100 valence electrons. The molecule has 2 rings (SSSR count). The Morgan fingerprint density at radius 2 is 2.05 bits per heavy atom. The molecule has 1 heterocycles. The lowest BCUT2D eigenvalue weighted by atomic mass is 10.1. The van der Waals surface area contributed by atoms with Crippen molar-refractivity contribution in [2.45, 2.75) is 13.5 Å². The van der Waals surface area contributed by atoms with Crippen molar-refractivity contribution in [3.05, 3.63) is 42.1 Å². The van der Waals surface area contributed by atoms with Gasteiger partial charge in [0.1, 0.15) is 0 Å². The zero-order valence-electron chi connectivity index (χ0n) is 11.3. The molecule has 1 unspecified atom stereocenters. The predicted octanol–water partition coefficient (Wildman–Crippen LogP) is 2.59. The molecule has 0 saturated carbocycles. The molecule has 1 atom stereocenters. The number of benzene rings is 1. The highest BCUT2D eigenvalue weighted by Crippen LogP contribution is 2.13. The van der Waals surface area contributed by atoms with Gasteiger partial charge in [0, 0.05) is 24.4 Å². The van der Waals surface area contributed by atoms with Gasteiger partial charge in [-0.2, -0.15) is 0 Å². The lowest BCUT2D eigenvalue weighted by Gasteiger charge is -2.20. The summed E-state index contributed by atoms with van der Waals surface area (Å²) in [6, 6.07) is 12.3. The number of aromatic nitrogens is 1. The fraction of sp³-hybridized carbons (Fsp3) is 0.333. The summed E-state index contributed by atoms with van der Waals surface area (Å²) in [5.74, 6) is 0.223. The fourth-order valence-electron chi connectivity index (χ4n) is 2.09. The molecule has 2 N–H and O–H groups in total. The summed E-state index contributed by atoms with van der Waals surface area (Å²) < 4.78 is 0. The summed E-state index contributed by atoms with van der Waals surface area (Å²) in [6.45, 7) is 3.70. The van der Waals surface area contributed by atoms with E-state index in [0.29, 0.717) is 4.99 Å². The minimum atomic E-state index is 0.223. The van der Waals surface area contributed by atoms with Crippen LogP contribution in [0.5, 0.6) is 0 Å². The molecular weight excluding hydrogens is 254 g/mol. The van der Waals surface area contributed by atoms with Crippen LogP contribution in [-0.2, 0) is 6.54 Å². The molecule has 19 heavy (non-hydrogen) atoms. The average Bonchev–Trinajstić information content (AvgIpc) is 2.38. The van der Waals surface area contributed by atoms with Crippen LogP contribution in [0.15, 0.2) is 36.4 Å². The van der Waals surface area contributed by atoms with Crippen molar-refractivity contribution < 1.29 is 0 Å². The zero-order valence-corrected chi connectivity index (χ0v) is 12.2. The summed E-state index contributed by atoms with van der Waals surface area (Å²) in [5, 5.41) is 1.17. The van der Waals surface area contributed by atoms with Gasteiger partial charge in [-0.1, -0.05) is 43.4 Å². The minimum Gasteiger partial charge on any atom is -0.393 e. The van der Waals surface area contributed by atoms with E-state index in [-0.39, 0.29) is 5.92 Å². The van der Waals surface area contributed by atoms with Gasteiger partial charge in [-0.05, 0) is 19.2 Å². The Labute approximate surface area is 119 Å². The molecule has 2 aromatic rings. The molecule has 0 aliphatic carbocycles. The van der Waals surface area contributed by atoms with E-state index < -0.39 is 0 Å². The third-order valence-electron chi connectivity index (χ3n) is 3.16. The van der Waals surface area contributed by atoms with Gasteiger partial charge in [0.2, 0.25) is 0 Å². The summed E-state index contributed by atoms with van der Waals surface area (Å²) in [5.41, 5.74) is 7.75. The third kappa shape index (κ3) is 3.72. The van der Waals surface area contributed by atoms with Crippen molar-refractivity contribution in [3.8, 4) is 0 Å². The smallest absolute Gasteiger partial charge is 0.0768 e. The quantitative estimate of drug-likeness (QED) is 0.850. The number of para-hydroxylation sites is 1. The lowest BCUT2D eigenvalue weighted by Crippen LogP contribution is -2.31. The lowest BCUT2D eigenvalue weighted by molar-refractivity contribution is 0.304. The van der Waals surface area contributed by atoms with Gasteiger partial charge in [-0.25, -0.2) is 0 Å². The Morgan fingerprint density at radius 3 is 2.79 bits per heavy atom. The van der Waals surface area contributed by atoms with E-state index >= 15 is 0 Å². The van der Waals surface area contributed by atoms with Crippen molar-refractivity contribution in [1.29, 1.82) is 0 Å². The van der Waals surface area contributed by atoms with E-state index in [1.165, 1.54) is 5.39 Å². The number of hydrogen-bond acceptors (Lipinski definition) is 3. The van der Waals surface area contributed by atoms with E-state index in [4.69, 9.17) is 18.0 Å². The number of hydrogen-bond donors (Lipinski definition) is 1. The molecule has 1 aromatic heterocycles. The number of thiocarbonyl (C=S) groups is 1. The van der Waals surface area contributed by atoms with Crippen molar-refractivity contribution >= 4 is 28.1 Å². The van der Waals surface area contributed by atoms with Crippen LogP contribution in [-0.4, -0.2) is 28.5 Å². The molecule has 0 spiro atoms. The average molecular weight is 273 g/mol. The number of nitrogens with two attached hydrogens (primary N) is 1. The Hall–Kier alpha value is -1.52. The summed E-state index contributed by atoms with van der Waals surface area (Å²) >= 11 is 5.00. The summed E-state index contributed by atoms with van der Waals surface area (Å²) in [7, 11) is 2.06. The standard InChI is InChI=1S/C15H19N3S/c1-11(15(16)19)9-18(2)10-13-8-7-12-5-3-4-6-14(12)17-13/h3-8,11H,9-10H2,1-2H3,(H2,16,19). The number of nitrogens with zero attached hydrogens (tertiary/aromatic N) is 2. The van der Waals surface area contributed by atoms with Crippen molar-refractivity contribution in [2.75, 3.05) is 13.6 Å². The molecule has 3 nitrogen and oxygen atoms in total. The van der Waals surface area contributed by atoms with Crippen molar-refractivity contribution in [2.24, 2.45) is 11.7 Å². The molecule has 0 aliphatic rings. The van der Waals surface area contributed by atoms with Gasteiger partial charge in [-0.15, -0.1) is 0 Å². The van der Waals surface area contributed by atoms with E-state index in [1.807, 2.05) is 25.1 Å². The Balaban J connectivity index is 2.06. The predicted molar refractivity (Wildman–Crippen MR) is 84.0 cm³/mol. The maximum Gasteiger partial charge on any atom is 0.0768 e. The van der Waals surface area contributed by atoms with Crippen LogP contribution < -0.4 is 5.73 Å². The Morgan fingerprint density at radius 1 is 1.32 bits per heavy atom. The highest BCUT2D eigenvalue weighted by molar-refractivity contribution is 7.80. The van der Waals surface area contributed by atoms with Crippen LogP contribution in [0.2, 0.25) is 0 Å². The molecule has 4 heteroatoms. The van der Waals surface area contributed by atoms with Crippen LogP contribution in [0.4, 0.5) is 0 Å². The number of pyridine rings is 1. The minimum absolute atomic E-state index is 0.223. The van der Waals surface area contributed by atoms with Gasteiger partial charge in [-0.3, -0.25) is 9.88 Å². The Bertz CT molecular complexity index is 582. The van der Waals surface area contributed by atoms with E-state index in [2.05, 4.69) is 35.1 Å². The van der Waals surface area contributed by atoms with Crippen molar-refractivity contribution in [3.63, 3.8) is 0 Å². The Kier molecular flexibility index (Phi) is 4.45. The van der Waals surface area contributed by atoms with E-state index in [1.54, 1.807) is 0 Å². The number of rotatable bonds is 5. The topological polar surface area (TPSA) is 42.2 Å². The van der Waals surface area contributed by atoms with Gasteiger partial charge in [0.25, 0.3) is 0 Å². The van der Waals surface area contributed by atoms with E-state index in [9.17, 15) is 0 Å². The first-order valence-corrected chi connectivity index (χ1v) is 6.79. The van der Waals surface area contributed by atoms with Gasteiger partial charge in [0.15, 0.2) is 0 Å². The monoisotopic (exact) mass is 273 g/mol. The second-order valence-electron chi connectivity index (χ2n) is 5.00. The third-order valence-corrected chi connectivity index (χ3v) is 3.56. The van der Waals surface area contributed by atoms with Crippen LogP contribution in [0.25, 0.3) is 10.9 Å². The van der Waals surface area contributed by atoms with Crippen LogP contribution >= 0.6 is 12.2 Å². The van der Waals surface area contributed by atoms with Crippen molar-refractivity contribution in [1.82, 2.24) is 9.88 Å². The molecule has 1 aromatic carbocycles. The van der Waals surface area contributed by atoms with Gasteiger partial charge >= 0.3 is 0 Å². The normalized spacial score (nSPS) is 12.8. The maximum absolute atomic E-state index is 5.64.